The maximum atomic E-state index is 12.8. The van der Waals surface area contributed by atoms with Crippen molar-refractivity contribution in [1.29, 1.82) is 0 Å². The molecule has 2 aromatic rings. The number of hydrogen-bond acceptors (Lipinski definition) is 5. The first-order valence-electron chi connectivity index (χ1n) is 7.09. The summed E-state index contributed by atoms with van der Waals surface area (Å²) >= 11 is 1.30. The predicted molar refractivity (Wildman–Crippen MR) is 84.0 cm³/mol. The first kappa shape index (κ1) is 15.6. The van der Waals surface area contributed by atoms with Crippen LogP contribution in [0.5, 0.6) is 5.75 Å². The van der Waals surface area contributed by atoms with E-state index in [1.807, 2.05) is 0 Å². The number of nitrogens with zero attached hydrogens (tertiary/aromatic N) is 2. The molecule has 1 aliphatic rings. The summed E-state index contributed by atoms with van der Waals surface area (Å²) in [6, 6.07) is 3.54. The summed E-state index contributed by atoms with van der Waals surface area (Å²) in [5.41, 5.74) is 3.21. The zero-order valence-electron chi connectivity index (χ0n) is 12.8. The number of aromatic nitrogens is 1. The number of thiophene rings is 1. The molecule has 7 nitrogen and oxygen atoms in total. The molecule has 2 aromatic heterocycles. The number of amides is 2. The second-order valence-electron chi connectivity index (χ2n) is 5.32. The number of hydroxylamine groups is 1. The summed E-state index contributed by atoms with van der Waals surface area (Å²) in [5.74, 6) is -0.0669. The van der Waals surface area contributed by atoms with Gasteiger partial charge in [-0.2, -0.15) is 0 Å². The van der Waals surface area contributed by atoms with Gasteiger partial charge < -0.3 is 14.2 Å². The van der Waals surface area contributed by atoms with Crippen LogP contribution in [0.2, 0.25) is 0 Å². The molecular formula is C15H17N3O4S. The number of carbonyl (C=O) groups excluding carboxylic acids is 2. The first-order chi connectivity index (χ1) is 11.0. The van der Waals surface area contributed by atoms with E-state index in [0.717, 1.165) is 10.4 Å². The van der Waals surface area contributed by atoms with Gasteiger partial charge in [0.15, 0.2) is 0 Å². The molecule has 0 fully saturated rings. The van der Waals surface area contributed by atoms with E-state index >= 15 is 0 Å². The fraction of sp³-hybridized carbons (Fsp3) is 0.333. The Kier molecular flexibility index (Phi) is 4.10. The number of aryl methyl sites for hydroxylation is 1. The van der Waals surface area contributed by atoms with Gasteiger partial charge in [-0.25, -0.2) is 5.48 Å². The maximum Gasteiger partial charge on any atom is 0.284 e. The highest BCUT2D eigenvalue weighted by Gasteiger charge is 2.28. The number of fused-ring (bicyclic) bond motifs is 1. The van der Waals surface area contributed by atoms with Crippen LogP contribution in [0, 0.1) is 0 Å². The molecular weight excluding hydrogens is 318 g/mol. The van der Waals surface area contributed by atoms with E-state index in [-0.39, 0.29) is 5.91 Å². The van der Waals surface area contributed by atoms with Crippen molar-refractivity contribution in [2.24, 2.45) is 7.05 Å². The van der Waals surface area contributed by atoms with Gasteiger partial charge in [0.2, 0.25) is 0 Å². The summed E-state index contributed by atoms with van der Waals surface area (Å²) in [7, 11) is 3.35. The quantitative estimate of drug-likeness (QED) is 0.656. The number of hydrogen-bond donors (Lipinski definition) is 2. The molecule has 0 aliphatic carbocycles. The zero-order chi connectivity index (χ0) is 16.6. The Morgan fingerprint density at radius 1 is 1.43 bits per heavy atom. The van der Waals surface area contributed by atoms with Crippen LogP contribution >= 0.6 is 11.3 Å². The van der Waals surface area contributed by atoms with Crippen LogP contribution < -0.4 is 10.2 Å². The topological polar surface area (TPSA) is 83.8 Å². The average molecular weight is 335 g/mol. The van der Waals surface area contributed by atoms with Gasteiger partial charge in [0.25, 0.3) is 11.8 Å². The molecule has 8 heteroatoms. The second kappa shape index (κ2) is 6.05. The number of ether oxygens (including phenoxy) is 1. The molecule has 0 saturated heterocycles. The van der Waals surface area contributed by atoms with Gasteiger partial charge in [-0.05, 0) is 24.1 Å². The summed E-state index contributed by atoms with van der Waals surface area (Å²) in [6.45, 7) is 1.03. The molecule has 0 bridgehead atoms. The Morgan fingerprint density at radius 3 is 2.91 bits per heavy atom. The highest BCUT2D eigenvalue weighted by molar-refractivity contribution is 7.14. The molecule has 1 aliphatic heterocycles. The Balaban J connectivity index is 1.84. The number of rotatable bonds is 3. The van der Waals surface area contributed by atoms with Crippen molar-refractivity contribution in [3.63, 3.8) is 0 Å². The van der Waals surface area contributed by atoms with Crippen molar-refractivity contribution in [2.45, 2.75) is 13.0 Å². The standard InChI is InChI=1S/C15H17N3O4S/c1-17-5-4-10(22-2)13(17)15(20)18-6-3-9-7-11(14(19)16-21)23-12(9)8-18/h4-5,7,21H,3,6,8H2,1-2H3,(H,16,19). The molecule has 2 N–H and O–H groups in total. The van der Waals surface area contributed by atoms with E-state index in [1.165, 1.54) is 11.3 Å². The molecule has 0 aromatic carbocycles. The number of nitrogens with one attached hydrogen (secondary N) is 1. The molecule has 0 atom stereocenters. The highest BCUT2D eigenvalue weighted by Crippen LogP contribution is 2.30. The van der Waals surface area contributed by atoms with E-state index in [1.54, 1.807) is 47.4 Å². The Morgan fingerprint density at radius 2 is 2.22 bits per heavy atom. The maximum absolute atomic E-state index is 12.8. The summed E-state index contributed by atoms with van der Waals surface area (Å²) in [6.07, 6.45) is 2.47. The Hall–Kier alpha value is -2.32. The summed E-state index contributed by atoms with van der Waals surface area (Å²) in [5, 5.41) is 8.73. The highest BCUT2D eigenvalue weighted by atomic mass is 32.1. The molecule has 0 spiro atoms. The lowest BCUT2D eigenvalue weighted by atomic mass is 10.1. The van der Waals surface area contributed by atoms with Crippen molar-refractivity contribution in [2.75, 3.05) is 13.7 Å². The number of methoxy groups -OCH3 is 1. The molecule has 0 unspecified atom stereocenters. The lowest BCUT2D eigenvalue weighted by Crippen LogP contribution is -2.36. The van der Waals surface area contributed by atoms with Crippen molar-refractivity contribution >= 4 is 23.2 Å². The summed E-state index contributed by atoms with van der Waals surface area (Å²) in [4.78, 5) is 27.5. The van der Waals surface area contributed by atoms with E-state index < -0.39 is 5.91 Å². The van der Waals surface area contributed by atoms with E-state index in [0.29, 0.717) is 35.8 Å². The molecule has 23 heavy (non-hydrogen) atoms. The van der Waals surface area contributed by atoms with Gasteiger partial charge in [0, 0.05) is 24.7 Å². The van der Waals surface area contributed by atoms with Crippen molar-refractivity contribution in [3.8, 4) is 5.75 Å². The minimum absolute atomic E-state index is 0.0958. The van der Waals surface area contributed by atoms with Gasteiger partial charge in [-0.1, -0.05) is 0 Å². The van der Waals surface area contributed by atoms with E-state index in [4.69, 9.17) is 9.94 Å². The molecule has 122 valence electrons. The Bertz CT molecular complexity index is 765. The van der Waals surface area contributed by atoms with Gasteiger partial charge in [0.1, 0.15) is 11.4 Å². The van der Waals surface area contributed by atoms with Crippen LogP contribution in [0.3, 0.4) is 0 Å². The minimum atomic E-state index is -0.522. The predicted octanol–water partition coefficient (Wildman–Crippen LogP) is 1.41. The monoisotopic (exact) mass is 335 g/mol. The first-order valence-corrected chi connectivity index (χ1v) is 7.91. The Labute approximate surface area is 137 Å². The lowest BCUT2D eigenvalue weighted by molar-refractivity contribution is 0.0708. The van der Waals surface area contributed by atoms with Gasteiger partial charge in [0.05, 0.1) is 18.5 Å². The SMILES string of the molecule is COc1ccn(C)c1C(=O)N1CCc2cc(C(=O)NO)sc2C1. The zero-order valence-corrected chi connectivity index (χ0v) is 13.6. The van der Waals surface area contributed by atoms with E-state index in [9.17, 15) is 9.59 Å². The summed E-state index contributed by atoms with van der Waals surface area (Å²) < 4.78 is 7.00. The van der Waals surface area contributed by atoms with Crippen LogP contribution in [0.15, 0.2) is 18.3 Å². The fourth-order valence-corrected chi connectivity index (χ4v) is 3.86. The largest absolute Gasteiger partial charge is 0.494 e. The molecule has 3 rings (SSSR count). The second-order valence-corrected chi connectivity index (χ2v) is 6.46. The minimum Gasteiger partial charge on any atom is -0.494 e. The van der Waals surface area contributed by atoms with Crippen molar-refractivity contribution < 1.29 is 19.5 Å². The van der Waals surface area contributed by atoms with Crippen molar-refractivity contribution in [3.05, 3.63) is 39.3 Å². The van der Waals surface area contributed by atoms with Crippen LogP contribution in [-0.4, -0.2) is 40.1 Å². The average Bonchev–Trinajstić information content (AvgIpc) is 3.15. The molecule has 2 amide bonds. The third-order valence-corrected chi connectivity index (χ3v) is 5.11. The van der Waals surface area contributed by atoms with Crippen LogP contribution in [0.25, 0.3) is 0 Å². The van der Waals surface area contributed by atoms with Crippen LogP contribution in [-0.2, 0) is 20.0 Å². The molecule has 0 saturated carbocycles. The van der Waals surface area contributed by atoms with Crippen molar-refractivity contribution in [1.82, 2.24) is 14.9 Å². The van der Waals surface area contributed by atoms with Gasteiger partial charge >= 0.3 is 0 Å². The van der Waals surface area contributed by atoms with Gasteiger partial charge in [-0.3, -0.25) is 14.8 Å². The third kappa shape index (κ3) is 2.71. The molecule has 0 radical (unpaired) electrons. The smallest absolute Gasteiger partial charge is 0.284 e. The fourth-order valence-electron chi connectivity index (χ4n) is 2.74. The van der Waals surface area contributed by atoms with Crippen LogP contribution in [0.1, 0.15) is 30.6 Å². The lowest BCUT2D eigenvalue weighted by Gasteiger charge is -2.27. The molecule has 3 heterocycles. The normalized spacial score (nSPS) is 13.6. The van der Waals surface area contributed by atoms with Crippen LogP contribution in [0.4, 0.5) is 0 Å². The number of carbonyl (C=O) groups is 2. The van der Waals surface area contributed by atoms with E-state index in [2.05, 4.69) is 0 Å². The van der Waals surface area contributed by atoms with Gasteiger partial charge in [-0.15, -0.1) is 11.3 Å². The third-order valence-electron chi connectivity index (χ3n) is 3.95.